The molecule has 0 saturated heterocycles. The largest absolute Gasteiger partial charge is 0.377 e. The molecule has 0 bridgehead atoms. The molecule has 0 fully saturated rings. The Morgan fingerprint density at radius 1 is 1.47 bits per heavy atom. The van der Waals surface area contributed by atoms with Crippen LogP contribution in [0.25, 0.3) is 0 Å². The first kappa shape index (κ1) is 14.0. The Balaban J connectivity index is 2.09. The Morgan fingerprint density at radius 3 is 3.00 bits per heavy atom. The molecule has 0 aliphatic carbocycles. The number of anilines is 1. The summed E-state index contributed by atoms with van der Waals surface area (Å²) in [6.45, 7) is 3.26. The Morgan fingerprint density at radius 2 is 2.32 bits per heavy atom. The van der Waals surface area contributed by atoms with E-state index in [0.29, 0.717) is 18.8 Å². The van der Waals surface area contributed by atoms with Crippen molar-refractivity contribution in [2.75, 3.05) is 5.32 Å². The molecule has 0 unspecified atom stereocenters. The number of hydrogen-bond donors (Lipinski definition) is 1. The molecule has 2 rings (SSSR count). The lowest BCUT2D eigenvalue weighted by Crippen LogP contribution is -2.24. The molecule has 7 heteroatoms. The van der Waals surface area contributed by atoms with Gasteiger partial charge in [0.15, 0.2) is 0 Å². The second kappa shape index (κ2) is 6.68. The van der Waals surface area contributed by atoms with Crippen molar-refractivity contribution in [3.05, 3.63) is 38.2 Å². The van der Waals surface area contributed by atoms with Gasteiger partial charge in [0, 0.05) is 17.6 Å². The molecule has 0 aliphatic rings. The zero-order valence-corrected chi connectivity index (χ0v) is 12.2. The van der Waals surface area contributed by atoms with Crippen LogP contribution in [0.4, 0.5) is 5.69 Å². The summed E-state index contributed by atoms with van der Waals surface area (Å²) in [5.41, 5.74) is 2.08. The number of hydrogen-bond acceptors (Lipinski definition) is 5. The van der Waals surface area contributed by atoms with Gasteiger partial charge in [0.1, 0.15) is 5.02 Å². The summed E-state index contributed by atoms with van der Waals surface area (Å²) < 4.78 is 1.41. The summed E-state index contributed by atoms with van der Waals surface area (Å²) in [4.78, 5) is 17.0. The summed E-state index contributed by atoms with van der Waals surface area (Å²) in [6.07, 6.45) is 5.30. The lowest BCUT2D eigenvalue weighted by molar-refractivity contribution is 0.543. The highest BCUT2D eigenvalue weighted by molar-refractivity contribution is 7.09. The topological polar surface area (TPSA) is 59.8 Å². The van der Waals surface area contributed by atoms with Crippen molar-refractivity contribution in [3.63, 3.8) is 0 Å². The quantitative estimate of drug-likeness (QED) is 0.891. The van der Waals surface area contributed by atoms with Crippen LogP contribution < -0.4 is 10.9 Å². The number of aromatic nitrogens is 3. The fourth-order valence-electron chi connectivity index (χ4n) is 1.57. The van der Waals surface area contributed by atoms with Crippen LogP contribution in [0.2, 0.25) is 5.02 Å². The first-order valence-corrected chi connectivity index (χ1v) is 7.35. The molecule has 0 aromatic carbocycles. The maximum atomic E-state index is 12.0. The Bertz CT molecular complexity index is 582. The van der Waals surface area contributed by atoms with E-state index in [1.165, 1.54) is 4.68 Å². The van der Waals surface area contributed by atoms with E-state index in [4.69, 9.17) is 11.6 Å². The normalized spacial score (nSPS) is 10.6. The zero-order chi connectivity index (χ0) is 13.7. The van der Waals surface area contributed by atoms with Crippen molar-refractivity contribution in [2.45, 2.75) is 32.9 Å². The minimum absolute atomic E-state index is 0.190. The highest BCUT2D eigenvalue weighted by atomic mass is 35.5. The van der Waals surface area contributed by atoms with Gasteiger partial charge in [-0.15, -0.1) is 11.3 Å². The van der Waals surface area contributed by atoms with Gasteiger partial charge in [-0.1, -0.05) is 24.9 Å². The molecule has 0 radical (unpaired) electrons. The second-order valence-corrected chi connectivity index (χ2v) is 5.42. The third-order valence-electron chi connectivity index (χ3n) is 2.64. The Hall–Kier alpha value is -1.40. The van der Waals surface area contributed by atoms with Crippen LogP contribution in [-0.2, 0) is 13.1 Å². The second-order valence-electron chi connectivity index (χ2n) is 4.08. The molecule has 2 heterocycles. The van der Waals surface area contributed by atoms with Gasteiger partial charge in [-0.25, -0.2) is 4.68 Å². The summed E-state index contributed by atoms with van der Waals surface area (Å²) in [6, 6.07) is 0. The van der Waals surface area contributed by atoms with Crippen molar-refractivity contribution in [2.24, 2.45) is 0 Å². The smallest absolute Gasteiger partial charge is 0.287 e. The number of rotatable bonds is 6. The highest BCUT2D eigenvalue weighted by Gasteiger charge is 2.09. The van der Waals surface area contributed by atoms with Crippen molar-refractivity contribution in [1.82, 2.24) is 14.8 Å². The minimum Gasteiger partial charge on any atom is -0.377 e. The summed E-state index contributed by atoms with van der Waals surface area (Å²) in [5.74, 6) is 0. The van der Waals surface area contributed by atoms with E-state index in [1.807, 2.05) is 0 Å². The molecule has 2 aromatic heterocycles. The molecule has 102 valence electrons. The molecular weight excluding hydrogens is 284 g/mol. The predicted molar refractivity (Wildman–Crippen MR) is 77.9 cm³/mol. The van der Waals surface area contributed by atoms with Crippen molar-refractivity contribution < 1.29 is 0 Å². The van der Waals surface area contributed by atoms with Crippen LogP contribution in [-0.4, -0.2) is 14.8 Å². The van der Waals surface area contributed by atoms with E-state index in [2.05, 4.69) is 22.3 Å². The van der Waals surface area contributed by atoms with E-state index in [9.17, 15) is 4.79 Å². The van der Waals surface area contributed by atoms with Gasteiger partial charge >= 0.3 is 0 Å². The number of aryl methyl sites for hydroxylation is 1. The molecule has 0 saturated carbocycles. The van der Waals surface area contributed by atoms with Crippen LogP contribution in [0.1, 0.15) is 24.6 Å². The zero-order valence-electron chi connectivity index (χ0n) is 10.6. The Labute approximate surface area is 120 Å². The maximum absolute atomic E-state index is 12.0. The van der Waals surface area contributed by atoms with Gasteiger partial charge in [0.2, 0.25) is 0 Å². The first-order valence-electron chi connectivity index (χ1n) is 6.09. The molecular formula is C12H15ClN4OS. The Kier molecular flexibility index (Phi) is 4.93. The van der Waals surface area contributed by atoms with E-state index in [0.717, 1.165) is 17.7 Å². The molecule has 0 aliphatic heterocycles. The first-order chi connectivity index (χ1) is 9.22. The molecule has 0 atom stereocenters. The van der Waals surface area contributed by atoms with Crippen LogP contribution in [0.3, 0.4) is 0 Å². The van der Waals surface area contributed by atoms with Gasteiger partial charge in [-0.05, 0) is 6.42 Å². The fraction of sp³-hybridized carbons (Fsp3) is 0.417. The third kappa shape index (κ3) is 3.54. The van der Waals surface area contributed by atoms with Crippen molar-refractivity contribution >= 4 is 28.6 Å². The van der Waals surface area contributed by atoms with E-state index in [-0.39, 0.29) is 10.6 Å². The van der Waals surface area contributed by atoms with Crippen LogP contribution in [0.5, 0.6) is 0 Å². The van der Waals surface area contributed by atoms with Gasteiger partial charge in [0.25, 0.3) is 5.56 Å². The lowest BCUT2D eigenvalue weighted by Gasteiger charge is -2.09. The predicted octanol–water partition coefficient (Wildman–Crippen LogP) is 2.77. The minimum atomic E-state index is -0.246. The van der Waals surface area contributed by atoms with Crippen LogP contribution in [0.15, 0.2) is 22.7 Å². The molecule has 1 N–H and O–H groups in total. The monoisotopic (exact) mass is 298 g/mol. The summed E-state index contributed by atoms with van der Waals surface area (Å²) in [7, 11) is 0. The summed E-state index contributed by atoms with van der Waals surface area (Å²) >= 11 is 7.62. The molecule has 5 nitrogen and oxygen atoms in total. The van der Waals surface area contributed by atoms with Gasteiger partial charge in [-0.2, -0.15) is 5.10 Å². The summed E-state index contributed by atoms with van der Waals surface area (Å²) in [5, 5.41) is 7.41. The number of nitrogens with one attached hydrogen (secondary N) is 1. The van der Waals surface area contributed by atoms with Gasteiger partial charge in [-0.3, -0.25) is 9.78 Å². The lowest BCUT2D eigenvalue weighted by atomic mass is 10.3. The van der Waals surface area contributed by atoms with Crippen LogP contribution >= 0.6 is 22.9 Å². The standard InChI is InChI=1S/C12H15ClN4OS/c1-2-3-4-17-12(18)11(13)10(7-16-17)15-6-9-5-14-8-19-9/h5,7-8,15H,2-4,6H2,1H3. The maximum Gasteiger partial charge on any atom is 0.287 e. The number of nitrogens with zero attached hydrogens (tertiary/aromatic N) is 3. The molecule has 0 amide bonds. The van der Waals surface area contributed by atoms with E-state index >= 15 is 0 Å². The number of thiazole rings is 1. The highest BCUT2D eigenvalue weighted by Crippen LogP contribution is 2.17. The molecule has 0 spiro atoms. The van der Waals surface area contributed by atoms with Gasteiger partial charge < -0.3 is 5.32 Å². The van der Waals surface area contributed by atoms with Crippen molar-refractivity contribution in [3.8, 4) is 0 Å². The van der Waals surface area contributed by atoms with Gasteiger partial charge in [0.05, 0.1) is 23.9 Å². The molecule has 19 heavy (non-hydrogen) atoms. The fourth-order valence-corrected chi connectivity index (χ4v) is 2.31. The molecule has 2 aromatic rings. The van der Waals surface area contributed by atoms with E-state index in [1.54, 1.807) is 29.2 Å². The average Bonchev–Trinajstić information content (AvgIpc) is 2.92. The number of unbranched alkanes of at least 4 members (excludes halogenated alkanes) is 1. The van der Waals surface area contributed by atoms with E-state index < -0.39 is 0 Å². The average molecular weight is 299 g/mol. The third-order valence-corrected chi connectivity index (χ3v) is 3.79. The van der Waals surface area contributed by atoms with Crippen LogP contribution in [0, 0.1) is 0 Å². The SMILES string of the molecule is CCCCn1ncc(NCc2cncs2)c(Cl)c1=O. The number of halogens is 1. The van der Waals surface area contributed by atoms with Crippen molar-refractivity contribution in [1.29, 1.82) is 0 Å².